The first-order valence-electron chi connectivity index (χ1n) is 10.3. The van der Waals surface area contributed by atoms with E-state index in [1.165, 1.54) is 10.4 Å². The third-order valence-corrected chi connectivity index (χ3v) is 9.19. The molecule has 1 saturated heterocycles. The summed E-state index contributed by atoms with van der Waals surface area (Å²) in [6, 6.07) is 17.2. The number of halogens is 2. The van der Waals surface area contributed by atoms with Gasteiger partial charge in [0.15, 0.2) is 0 Å². The highest BCUT2D eigenvalue weighted by Crippen LogP contribution is 2.32. The van der Waals surface area contributed by atoms with Crippen LogP contribution < -0.4 is 10.1 Å². The SMILES string of the molecule is O=C(NCc1ccc(COc2ccc(Cl)cc2)cc1)[C@@H]1CCCN1S(=O)(=O)c1ccc(Cl)s1. The zero-order valence-electron chi connectivity index (χ0n) is 17.5. The zero-order chi connectivity index (χ0) is 23.4. The highest BCUT2D eigenvalue weighted by Gasteiger charge is 2.39. The summed E-state index contributed by atoms with van der Waals surface area (Å²) in [7, 11) is -3.75. The van der Waals surface area contributed by atoms with Crippen LogP contribution in [0.25, 0.3) is 0 Å². The minimum absolute atomic E-state index is 0.156. The molecule has 1 aliphatic rings. The molecule has 4 rings (SSSR count). The molecule has 1 amide bonds. The van der Waals surface area contributed by atoms with Crippen LogP contribution in [-0.4, -0.2) is 31.2 Å². The molecule has 1 N–H and O–H groups in total. The Bertz CT molecular complexity index is 1210. The second-order valence-corrected chi connectivity index (χ2v) is 11.9. The molecule has 0 saturated carbocycles. The number of amides is 1. The lowest BCUT2D eigenvalue weighted by Gasteiger charge is -2.22. The summed E-state index contributed by atoms with van der Waals surface area (Å²) in [4.78, 5) is 12.8. The van der Waals surface area contributed by atoms with Crippen molar-refractivity contribution in [3.8, 4) is 5.75 Å². The van der Waals surface area contributed by atoms with E-state index < -0.39 is 16.1 Å². The number of nitrogens with one attached hydrogen (secondary N) is 1. The average molecular weight is 525 g/mol. The fraction of sp³-hybridized carbons (Fsp3) is 0.261. The van der Waals surface area contributed by atoms with Crippen molar-refractivity contribution >= 4 is 50.5 Å². The van der Waals surface area contributed by atoms with Crippen molar-refractivity contribution in [1.29, 1.82) is 0 Å². The maximum Gasteiger partial charge on any atom is 0.253 e. The summed E-state index contributed by atoms with van der Waals surface area (Å²) >= 11 is 12.8. The molecule has 10 heteroatoms. The molecule has 1 atom stereocenters. The van der Waals surface area contributed by atoms with Gasteiger partial charge in [0.25, 0.3) is 10.0 Å². The van der Waals surface area contributed by atoms with Gasteiger partial charge in [0.05, 0.1) is 4.34 Å². The maximum absolute atomic E-state index is 12.9. The van der Waals surface area contributed by atoms with Crippen LogP contribution in [0, 0.1) is 0 Å². The van der Waals surface area contributed by atoms with Crippen molar-refractivity contribution in [1.82, 2.24) is 9.62 Å². The first-order chi connectivity index (χ1) is 15.8. The second kappa shape index (κ2) is 10.4. The molecule has 0 spiro atoms. The lowest BCUT2D eigenvalue weighted by atomic mass is 10.1. The van der Waals surface area contributed by atoms with Gasteiger partial charge in [-0.3, -0.25) is 4.79 Å². The van der Waals surface area contributed by atoms with Crippen molar-refractivity contribution < 1.29 is 17.9 Å². The van der Waals surface area contributed by atoms with Crippen molar-refractivity contribution in [2.24, 2.45) is 0 Å². The summed E-state index contributed by atoms with van der Waals surface area (Å²) < 4.78 is 33.4. The fourth-order valence-electron chi connectivity index (χ4n) is 3.60. The number of sulfonamides is 1. The number of ether oxygens (including phenoxy) is 1. The van der Waals surface area contributed by atoms with E-state index in [4.69, 9.17) is 27.9 Å². The molecule has 3 aromatic rings. The molecule has 0 aliphatic carbocycles. The molecule has 0 bridgehead atoms. The highest BCUT2D eigenvalue weighted by atomic mass is 35.5. The van der Waals surface area contributed by atoms with Crippen LogP contribution in [0.1, 0.15) is 24.0 Å². The summed E-state index contributed by atoms with van der Waals surface area (Å²) in [6.45, 7) is 1.04. The lowest BCUT2D eigenvalue weighted by molar-refractivity contribution is -0.124. The minimum Gasteiger partial charge on any atom is -0.489 e. The highest BCUT2D eigenvalue weighted by molar-refractivity contribution is 7.91. The van der Waals surface area contributed by atoms with Gasteiger partial charge in [-0.25, -0.2) is 8.42 Å². The Hall–Kier alpha value is -2.10. The third kappa shape index (κ3) is 5.88. The second-order valence-electron chi connectivity index (χ2n) is 7.61. The van der Waals surface area contributed by atoms with E-state index in [2.05, 4.69) is 5.32 Å². The summed E-state index contributed by atoms with van der Waals surface area (Å²) in [6.07, 6.45) is 1.13. The van der Waals surface area contributed by atoms with Crippen LogP contribution >= 0.6 is 34.5 Å². The van der Waals surface area contributed by atoms with Crippen LogP contribution in [0.3, 0.4) is 0 Å². The first kappa shape index (κ1) is 24.0. The molecule has 2 heterocycles. The van der Waals surface area contributed by atoms with E-state index >= 15 is 0 Å². The number of nitrogens with zero attached hydrogens (tertiary/aromatic N) is 1. The van der Waals surface area contributed by atoms with Gasteiger partial charge in [0, 0.05) is 18.1 Å². The molecule has 174 valence electrons. The van der Waals surface area contributed by atoms with E-state index in [-0.39, 0.29) is 10.1 Å². The molecular weight excluding hydrogens is 503 g/mol. The molecule has 6 nitrogen and oxygen atoms in total. The van der Waals surface area contributed by atoms with Gasteiger partial charge in [0.1, 0.15) is 22.6 Å². The number of thiophene rings is 1. The van der Waals surface area contributed by atoms with Crippen molar-refractivity contribution in [2.75, 3.05) is 6.54 Å². The number of hydrogen-bond acceptors (Lipinski definition) is 5. The van der Waals surface area contributed by atoms with Crippen molar-refractivity contribution in [2.45, 2.75) is 36.2 Å². The first-order valence-corrected chi connectivity index (χ1v) is 13.4. The Morgan fingerprint density at radius 1 is 1.03 bits per heavy atom. The number of rotatable bonds is 8. The molecule has 0 radical (unpaired) electrons. The predicted molar refractivity (Wildman–Crippen MR) is 130 cm³/mol. The topological polar surface area (TPSA) is 75.7 Å². The summed E-state index contributed by atoms with van der Waals surface area (Å²) in [5.41, 5.74) is 1.90. The van der Waals surface area contributed by atoms with E-state index in [0.717, 1.165) is 28.2 Å². The molecule has 1 fully saturated rings. The molecule has 2 aromatic carbocycles. The summed E-state index contributed by atoms with van der Waals surface area (Å²) in [5.74, 6) is 0.436. The Balaban J connectivity index is 1.32. The summed E-state index contributed by atoms with van der Waals surface area (Å²) in [5, 5.41) is 3.53. The van der Waals surface area contributed by atoms with E-state index in [9.17, 15) is 13.2 Å². The van der Waals surface area contributed by atoms with Gasteiger partial charge in [-0.2, -0.15) is 4.31 Å². The Morgan fingerprint density at radius 2 is 1.73 bits per heavy atom. The normalized spacial score (nSPS) is 16.6. The van der Waals surface area contributed by atoms with Crippen LogP contribution in [0.2, 0.25) is 9.36 Å². The van der Waals surface area contributed by atoms with Gasteiger partial charge < -0.3 is 10.1 Å². The molecule has 1 aliphatic heterocycles. The molecule has 0 unspecified atom stereocenters. The van der Waals surface area contributed by atoms with Gasteiger partial charge in [-0.05, 0) is 60.4 Å². The van der Waals surface area contributed by atoms with Gasteiger partial charge in [-0.1, -0.05) is 47.5 Å². The smallest absolute Gasteiger partial charge is 0.253 e. The monoisotopic (exact) mass is 524 g/mol. The third-order valence-electron chi connectivity index (χ3n) is 5.33. The number of benzene rings is 2. The van der Waals surface area contributed by atoms with Crippen LogP contribution in [-0.2, 0) is 28.0 Å². The van der Waals surface area contributed by atoms with Gasteiger partial charge in [0.2, 0.25) is 5.91 Å². The fourth-order valence-corrected chi connectivity index (χ4v) is 6.99. The van der Waals surface area contributed by atoms with Gasteiger partial charge in [-0.15, -0.1) is 11.3 Å². The molecular formula is C23H22Cl2N2O4S2. The maximum atomic E-state index is 12.9. The largest absolute Gasteiger partial charge is 0.489 e. The standard InChI is InChI=1S/C23H22Cl2N2O4S2/c24-18-7-9-19(10-8-18)31-15-17-5-3-16(4-6-17)14-26-23(28)20-2-1-13-27(20)33(29,30)22-12-11-21(25)32-22/h3-12,20H,1-2,13-15H2,(H,26,28)/t20-/m0/s1. The zero-order valence-corrected chi connectivity index (χ0v) is 20.7. The number of carbonyl (C=O) groups excluding carboxylic acids is 1. The van der Waals surface area contributed by atoms with Crippen molar-refractivity contribution in [3.63, 3.8) is 0 Å². The quantitative estimate of drug-likeness (QED) is 0.444. The Morgan fingerprint density at radius 3 is 2.39 bits per heavy atom. The Labute approximate surface area is 207 Å². The molecule has 1 aromatic heterocycles. The van der Waals surface area contributed by atoms with Crippen LogP contribution in [0.5, 0.6) is 5.75 Å². The number of hydrogen-bond donors (Lipinski definition) is 1. The van der Waals surface area contributed by atoms with Crippen LogP contribution in [0.4, 0.5) is 0 Å². The van der Waals surface area contributed by atoms with Crippen molar-refractivity contribution in [3.05, 3.63) is 81.1 Å². The average Bonchev–Trinajstić information content (AvgIpc) is 3.48. The Kier molecular flexibility index (Phi) is 7.61. The van der Waals surface area contributed by atoms with Gasteiger partial charge >= 0.3 is 0 Å². The van der Waals surface area contributed by atoms with E-state index in [1.54, 1.807) is 18.2 Å². The molecule has 33 heavy (non-hydrogen) atoms. The predicted octanol–water partition coefficient (Wildman–Crippen LogP) is 5.10. The van der Waals surface area contributed by atoms with E-state index in [0.29, 0.717) is 41.9 Å². The van der Waals surface area contributed by atoms with Crippen LogP contribution in [0.15, 0.2) is 64.9 Å². The number of carbonyl (C=O) groups is 1. The lowest BCUT2D eigenvalue weighted by Crippen LogP contribution is -2.45. The van der Waals surface area contributed by atoms with E-state index in [1.807, 2.05) is 36.4 Å². The minimum atomic E-state index is -3.75.